The Bertz CT molecular complexity index is 1220. The van der Waals surface area contributed by atoms with Crippen LogP contribution in [0, 0.1) is 24.0 Å². The van der Waals surface area contributed by atoms with Gasteiger partial charge in [0, 0.05) is 27.5 Å². The smallest absolute Gasteiger partial charge is 0.275 e. The molecule has 1 aromatic heterocycles. The number of halogens is 1. The highest BCUT2D eigenvalue weighted by Gasteiger charge is 2.17. The number of amides is 1. The Balaban J connectivity index is 1.87. The van der Waals surface area contributed by atoms with Crippen LogP contribution in [-0.4, -0.2) is 35.8 Å². The number of nitro benzene ring substituents is 1. The lowest BCUT2D eigenvalue weighted by atomic mass is 10.2. The molecule has 0 saturated carbocycles. The molecule has 3 rings (SSSR count). The number of ether oxygens (including phenoxy) is 2. The normalized spacial score (nSPS) is 10.9. The Hall–Kier alpha value is -3.66. The van der Waals surface area contributed by atoms with Crippen molar-refractivity contribution in [2.45, 2.75) is 13.8 Å². The van der Waals surface area contributed by atoms with Gasteiger partial charge >= 0.3 is 0 Å². The lowest BCUT2D eigenvalue weighted by molar-refractivity contribution is -0.384. The van der Waals surface area contributed by atoms with E-state index in [2.05, 4.69) is 26.5 Å². The summed E-state index contributed by atoms with van der Waals surface area (Å²) in [5.41, 5.74) is 5.93. The highest BCUT2D eigenvalue weighted by atomic mass is 79.9. The van der Waals surface area contributed by atoms with Crippen LogP contribution < -0.4 is 14.9 Å². The first-order valence-electron chi connectivity index (χ1n) is 9.45. The first kappa shape index (κ1) is 23.0. The number of benzene rings is 2. The van der Waals surface area contributed by atoms with E-state index in [1.165, 1.54) is 26.4 Å². The van der Waals surface area contributed by atoms with Crippen LogP contribution in [-0.2, 0) is 0 Å². The molecule has 0 fully saturated rings. The number of nitrogens with zero attached hydrogens (tertiary/aromatic N) is 3. The molecule has 3 aromatic rings. The second-order valence-electron chi connectivity index (χ2n) is 6.82. The number of aryl methyl sites for hydroxylation is 1. The summed E-state index contributed by atoms with van der Waals surface area (Å²) in [6.07, 6.45) is 1.54. The van der Waals surface area contributed by atoms with Crippen molar-refractivity contribution in [1.29, 1.82) is 0 Å². The van der Waals surface area contributed by atoms with E-state index in [4.69, 9.17) is 9.47 Å². The van der Waals surface area contributed by atoms with Crippen LogP contribution in [0.5, 0.6) is 11.5 Å². The summed E-state index contributed by atoms with van der Waals surface area (Å²) in [5, 5.41) is 15.2. The van der Waals surface area contributed by atoms with Gasteiger partial charge in [-0.3, -0.25) is 14.9 Å². The molecule has 1 amide bonds. The molecule has 2 aromatic carbocycles. The van der Waals surface area contributed by atoms with Crippen molar-refractivity contribution in [3.8, 4) is 17.2 Å². The molecular formula is C22H21BrN4O5. The number of carbonyl (C=O) groups excluding carboxylic acids is 1. The highest BCUT2D eigenvalue weighted by Crippen LogP contribution is 2.31. The average Bonchev–Trinajstić information content (AvgIpc) is 3.05. The van der Waals surface area contributed by atoms with Gasteiger partial charge in [-0.2, -0.15) is 5.10 Å². The largest absolute Gasteiger partial charge is 0.496 e. The van der Waals surface area contributed by atoms with Crippen molar-refractivity contribution >= 4 is 33.7 Å². The zero-order valence-corrected chi connectivity index (χ0v) is 19.5. The number of methoxy groups -OCH3 is 2. The van der Waals surface area contributed by atoms with E-state index in [9.17, 15) is 14.9 Å². The fraction of sp³-hybridized carbons (Fsp3) is 0.182. The molecule has 0 atom stereocenters. The number of nitrogens with one attached hydrogen (secondary N) is 1. The fourth-order valence-electron chi connectivity index (χ4n) is 3.33. The molecule has 0 unspecified atom stereocenters. The lowest BCUT2D eigenvalue weighted by Gasteiger charge is -2.13. The maximum Gasteiger partial charge on any atom is 0.275 e. The summed E-state index contributed by atoms with van der Waals surface area (Å²) >= 11 is 3.34. The quantitative estimate of drug-likeness (QED) is 0.291. The zero-order chi connectivity index (χ0) is 23.4. The van der Waals surface area contributed by atoms with E-state index >= 15 is 0 Å². The summed E-state index contributed by atoms with van der Waals surface area (Å²) in [4.78, 5) is 23.1. The Morgan fingerprint density at radius 2 is 1.84 bits per heavy atom. The first-order valence-corrected chi connectivity index (χ1v) is 10.2. The van der Waals surface area contributed by atoms with Crippen LogP contribution in [0.25, 0.3) is 5.69 Å². The van der Waals surface area contributed by atoms with Crippen LogP contribution in [0.15, 0.2) is 52.0 Å². The number of carbonyl (C=O) groups is 1. The predicted molar refractivity (Wildman–Crippen MR) is 124 cm³/mol. The van der Waals surface area contributed by atoms with Crippen LogP contribution >= 0.6 is 15.9 Å². The summed E-state index contributed by atoms with van der Waals surface area (Å²) in [5.74, 6) is 0.397. The maximum absolute atomic E-state index is 12.5. The molecule has 0 bridgehead atoms. The molecular weight excluding hydrogens is 480 g/mol. The Labute approximate surface area is 192 Å². The third-order valence-corrected chi connectivity index (χ3v) is 5.35. The number of hydrazone groups is 1. The monoisotopic (exact) mass is 500 g/mol. The predicted octanol–water partition coefficient (Wildman–Crippen LogP) is 4.55. The van der Waals surface area contributed by atoms with E-state index in [0.29, 0.717) is 22.7 Å². The number of aromatic nitrogens is 1. The van der Waals surface area contributed by atoms with Crippen molar-refractivity contribution < 1.29 is 19.2 Å². The average molecular weight is 501 g/mol. The van der Waals surface area contributed by atoms with Crippen molar-refractivity contribution in [2.24, 2.45) is 5.10 Å². The fourth-order valence-corrected chi connectivity index (χ4v) is 3.69. The molecule has 0 radical (unpaired) electrons. The molecule has 1 N–H and O–H groups in total. The Kier molecular flexibility index (Phi) is 6.94. The molecule has 0 saturated heterocycles. The summed E-state index contributed by atoms with van der Waals surface area (Å²) in [7, 11) is 2.95. The van der Waals surface area contributed by atoms with Gasteiger partial charge in [-0.15, -0.1) is 0 Å². The van der Waals surface area contributed by atoms with Crippen LogP contribution in [0.2, 0.25) is 0 Å². The molecule has 32 heavy (non-hydrogen) atoms. The van der Waals surface area contributed by atoms with Gasteiger partial charge in [-0.05, 0) is 44.2 Å². The van der Waals surface area contributed by atoms with Crippen molar-refractivity contribution in [3.63, 3.8) is 0 Å². The van der Waals surface area contributed by atoms with Crippen LogP contribution in [0.3, 0.4) is 0 Å². The molecule has 1 heterocycles. The summed E-state index contributed by atoms with van der Waals surface area (Å²) < 4.78 is 13.2. The van der Waals surface area contributed by atoms with E-state index in [1.807, 2.05) is 24.5 Å². The van der Waals surface area contributed by atoms with Gasteiger partial charge in [0.1, 0.15) is 11.5 Å². The molecule has 0 aliphatic rings. The van der Waals surface area contributed by atoms with Crippen LogP contribution in [0.1, 0.15) is 27.3 Å². The van der Waals surface area contributed by atoms with E-state index in [1.54, 1.807) is 30.5 Å². The molecule has 0 spiro atoms. The van der Waals surface area contributed by atoms with E-state index in [0.717, 1.165) is 21.4 Å². The minimum atomic E-state index is -0.470. The Morgan fingerprint density at radius 3 is 2.50 bits per heavy atom. The Morgan fingerprint density at radius 1 is 1.12 bits per heavy atom. The molecule has 9 nitrogen and oxygen atoms in total. The molecule has 10 heteroatoms. The molecule has 0 aliphatic carbocycles. The van der Waals surface area contributed by atoms with Crippen LogP contribution in [0.4, 0.5) is 5.69 Å². The van der Waals surface area contributed by atoms with Gasteiger partial charge < -0.3 is 14.0 Å². The van der Waals surface area contributed by atoms with E-state index < -0.39 is 10.8 Å². The number of nitro groups is 1. The minimum Gasteiger partial charge on any atom is -0.496 e. The van der Waals surface area contributed by atoms with Gasteiger partial charge in [0.2, 0.25) is 0 Å². The van der Waals surface area contributed by atoms with Gasteiger partial charge in [0.25, 0.3) is 11.6 Å². The number of rotatable bonds is 7. The van der Waals surface area contributed by atoms with Gasteiger partial charge in [0.05, 0.1) is 42.7 Å². The van der Waals surface area contributed by atoms with Crippen molar-refractivity contribution in [1.82, 2.24) is 9.99 Å². The van der Waals surface area contributed by atoms with E-state index in [-0.39, 0.29) is 5.69 Å². The summed E-state index contributed by atoms with van der Waals surface area (Å²) in [6.45, 7) is 3.78. The van der Waals surface area contributed by atoms with Crippen molar-refractivity contribution in [2.75, 3.05) is 14.2 Å². The number of hydrogen-bond donors (Lipinski definition) is 1. The third-order valence-electron chi connectivity index (χ3n) is 4.86. The second-order valence-corrected chi connectivity index (χ2v) is 7.73. The highest BCUT2D eigenvalue weighted by molar-refractivity contribution is 9.10. The van der Waals surface area contributed by atoms with Gasteiger partial charge in [0.15, 0.2) is 0 Å². The topological polar surface area (TPSA) is 108 Å². The minimum absolute atomic E-state index is 0.0551. The van der Waals surface area contributed by atoms with Gasteiger partial charge in [-0.25, -0.2) is 5.43 Å². The number of hydrogen-bond acceptors (Lipinski definition) is 6. The summed E-state index contributed by atoms with van der Waals surface area (Å²) in [6, 6.07) is 11.5. The first-order chi connectivity index (χ1) is 15.3. The SMILES string of the molecule is COc1ccc(Br)cc1C(=O)N/N=C\c1cc(C)n(-c2ccc([N+](=O)[O-])cc2OC)c1C. The molecule has 166 valence electrons. The molecule has 0 aliphatic heterocycles. The van der Waals surface area contributed by atoms with Gasteiger partial charge in [-0.1, -0.05) is 15.9 Å². The second kappa shape index (κ2) is 9.65. The zero-order valence-electron chi connectivity index (χ0n) is 17.9. The maximum atomic E-state index is 12.5. The third kappa shape index (κ3) is 4.65. The van der Waals surface area contributed by atoms with Crippen molar-refractivity contribution in [3.05, 3.63) is 79.6 Å². The standard InChI is InChI=1S/C22H21BrN4O5/c1-13-9-15(12-24-25-22(28)18-10-16(23)5-8-20(18)31-3)14(2)26(13)19-7-6-17(27(29)30)11-21(19)32-4/h5-12H,1-4H3,(H,25,28)/b24-12-. The lowest BCUT2D eigenvalue weighted by Crippen LogP contribution is -2.18. The number of non-ortho nitro benzene ring substituents is 1.